The Hall–Kier alpha value is -3.27. The Morgan fingerprint density at radius 2 is 1.76 bits per heavy atom. The van der Waals surface area contributed by atoms with Gasteiger partial charge >= 0.3 is 6.03 Å². The van der Waals surface area contributed by atoms with Crippen molar-refractivity contribution in [1.82, 2.24) is 9.88 Å². The maximum Gasteiger partial charge on any atom is 0.319 e. The fourth-order valence-corrected chi connectivity index (χ4v) is 5.53. The van der Waals surface area contributed by atoms with E-state index in [1.807, 2.05) is 36.4 Å². The number of anilines is 2. The van der Waals surface area contributed by atoms with Gasteiger partial charge in [0.05, 0.1) is 37.2 Å². The van der Waals surface area contributed by atoms with Gasteiger partial charge in [-0.15, -0.1) is 0 Å². The second-order valence-corrected chi connectivity index (χ2v) is 10.5. The van der Waals surface area contributed by atoms with Crippen molar-refractivity contribution in [1.29, 1.82) is 0 Å². The third kappa shape index (κ3) is 4.93. The first-order valence-electron chi connectivity index (χ1n) is 13.7. The third-order valence-corrected chi connectivity index (χ3v) is 8.06. The molecule has 2 amide bonds. The number of nitrogens with one attached hydrogen (secondary N) is 2. The van der Waals surface area contributed by atoms with Crippen LogP contribution in [0.3, 0.4) is 0 Å². The Balaban J connectivity index is 1.36. The summed E-state index contributed by atoms with van der Waals surface area (Å²) in [6.07, 6.45) is 8.36. The summed E-state index contributed by atoms with van der Waals surface area (Å²) in [6.45, 7) is 1.43. The molecule has 0 unspecified atom stereocenters. The van der Waals surface area contributed by atoms with Gasteiger partial charge in [0.2, 0.25) is 0 Å². The summed E-state index contributed by atoms with van der Waals surface area (Å²) >= 11 is 0. The van der Waals surface area contributed by atoms with Crippen molar-refractivity contribution in [2.24, 2.45) is 0 Å². The van der Waals surface area contributed by atoms with Crippen molar-refractivity contribution in [3.8, 4) is 17.0 Å². The highest BCUT2D eigenvalue weighted by molar-refractivity contribution is 6.03. The minimum absolute atomic E-state index is 0.128. The second kappa shape index (κ2) is 10.8. The smallest absolute Gasteiger partial charge is 0.319 e. The molecule has 0 radical (unpaired) electrons. The molecule has 1 aliphatic heterocycles. The molecular formula is C29H35N4O5-. The molecule has 9 nitrogen and oxygen atoms in total. The molecule has 2 heterocycles. The van der Waals surface area contributed by atoms with E-state index in [1.165, 1.54) is 13.5 Å². The van der Waals surface area contributed by atoms with Gasteiger partial charge in [0.25, 0.3) is 0 Å². The number of benzene rings is 2. The number of rotatable bonds is 8. The Morgan fingerprint density at radius 1 is 1.03 bits per heavy atom. The molecule has 6 rings (SSSR count). The Kier molecular flexibility index (Phi) is 7.14. The summed E-state index contributed by atoms with van der Waals surface area (Å²) in [5.41, 5.74) is 3.85. The summed E-state index contributed by atoms with van der Waals surface area (Å²) in [5, 5.41) is 20.4. The highest BCUT2D eigenvalue weighted by Gasteiger charge is 2.29. The molecule has 202 valence electrons. The number of hydrogen-bond donors (Lipinski definition) is 2. The predicted octanol–water partition coefficient (Wildman–Crippen LogP) is 6.13. The van der Waals surface area contributed by atoms with Gasteiger partial charge in [-0.1, -0.05) is 12.1 Å². The first-order valence-corrected chi connectivity index (χ1v) is 13.7. The zero-order valence-electron chi connectivity index (χ0n) is 21.8. The second-order valence-electron chi connectivity index (χ2n) is 10.5. The van der Waals surface area contributed by atoms with Gasteiger partial charge in [-0.25, -0.2) is 4.79 Å². The number of ether oxygens (including phenoxy) is 2. The van der Waals surface area contributed by atoms with Crippen LogP contribution in [0, 0.1) is 5.21 Å². The summed E-state index contributed by atoms with van der Waals surface area (Å²) in [5.74, 6) is 0.799. The van der Waals surface area contributed by atoms with Crippen LogP contribution >= 0.6 is 0 Å². The van der Waals surface area contributed by atoms with Crippen LogP contribution in [0.25, 0.3) is 22.2 Å². The maximum atomic E-state index is 13.1. The van der Waals surface area contributed by atoms with Crippen LogP contribution in [-0.2, 0) is 9.57 Å². The van der Waals surface area contributed by atoms with Crippen molar-refractivity contribution >= 4 is 28.3 Å². The lowest BCUT2D eigenvalue weighted by atomic mass is 9.92. The fourth-order valence-electron chi connectivity index (χ4n) is 5.53. The topological polar surface area (TPSA) is 100 Å². The molecule has 3 aliphatic rings. The molecule has 2 N–H and O–H groups in total. The first kappa shape index (κ1) is 25.0. The van der Waals surface area contributed by atoms with E-state index in [4.69, 9.17) is 14.3 Å². The molecule has 2 aliphatic carbocycles. The number of carbonyl (C=O) groups is 1. The molecule has 38 heavy (non-hydrogen) atoms. The molecule has 3 aromatic rings. The Morgan fingerprint density at radius 3 is 2.39 bits per heavy atom. The van der Waals surface area contributed by atoms with Gasteiger partial charge in [0.1, 0.15) is 11.9 Å². The van der Waals surface area contributed by atoms with Gasteiger partial charge < -0.3 is 35.1 Å². The van der Waals surface area contributed by atoms with Crippen molar-refractivity contribution < 1.29 is 19.1 Å². The number of aromatic nitrogens is 1. The van der Waals surface area contributed by atoms with E-state index in [0.717, 1.165) is 72.9 Å². The SMILES string of the molecule is CON([O-])c1c(-c2ccc(NC(=O)NC3CCC3)cc2)n(C2CCC2)c2cc(OC3CCOCC3)ccc12. The average molecular weight is 520 g/mol. The summed E-state index contributed by atoms with van der Waals surface area (Å²) in [7, 11) is 1.39. The summed E-state index contributed by atoms with van der Waals surface area (Å²) < 4.78 is 14.1. The molecular weight excluding hydrogens is 484 g/mol. The van der Waals surface area contributed by atoms with Crippen LogP contribution in [-0.4, -0.2) is 43.1 Å². The number of nitrogens with zero attached hydrogens (tertiary/aromatic N) is 2. The monoisotopic (exact) mass is 519 g/mol. The normalized spacial score (nSPS) is 18.6. The molecule has 2 saturated carbocycles. The predicted molar refractivity (Wildman–Crippen MR) is 147 cm³/mol. The average Bonchev–Trinajstić information content (AvgIpc) is 3.20. The maximum absolute atomic E-state index is 13.1. The molecule has 0 atom stereocenters. The zero-order valence-corrected chi connectivity index (χ0v) is 21.8. The number of carbonyl (C=O) groups excluding carboxylic acids is 1. The van der Waals surface area contributed by atoms with Crippen molar-refractivity contribution in [3.63, 3.8) is 0 Å². The van der Waals surface area contributed by atoms with Gasteiger partial charge in [0, 0.05) is 47.6 Å². The van der Waals surface area contributed by atoms with E-state index in [1.54, 1.807) is 0 Å². The van der Waals surface area contributed by atoms with E-state index >= 15 is 0 Å². The summed E-state index contributed by atoms with van der Waals surface area (Å²) in [4.78, 5) is 17.5. The van der Waals surface area contributed by atoms with Crippen molar-refractivity contribution in [2.75, 3.05) is 30.9 Å². The molecule has 0 bridgehead atoms. The van der Waals surface area contributed by atoms with Crippen LogP contribution in [0.5, 0.6) is 5.75 Å². The Labute approximate surface area is 222 Å². The van der Waals surface area contributed by atoms with E-state index in [-0.39, 0.29) is 24.2 Å². The standard InChI is InChI=1S/C29H35N4O5/c1-36-33(35)28-25-13-12-24(38-23-14-16-37-17-15-23)18-26(25)32(22-6-3-7-22)27(28)19-8-10-21(11-9-19)31-29(34)30-20-4-2-5-20/h8-13,18,20,22-23H,2-7,14-17H2,1H3,(H2,30,31,34)/q-1. The van der Waals surface area contributed by atoms with E-state index in [2.05, 4.69) is 21.3 Å². The minimum atomic E-state index is -0.186. The molecule has 2 aromatic carbocycles. The van der Waals surface area contributed by atoms with Crippen LogP contribution < -0.4 is 20.6 Å². The van der Waals surface area contributed by atoms with Crippen LogP contribution in [0.2, 0.25) is 0 Å². The van der Waals surface area contributed by atoms with Crippen LogP contribution in [0.15, 0.2) is 42.5 Å². The van der Waals surface area contributed by atoms with Gasteiger partial charge in [-0.3, -0.25) is 4.84 Å². The van der Waals surface area contributed by atoms with Gasteiger partial charge in [0.15, 0.2) is 0 Å². The van der Waals surface area contributed by atoms with E-state index < -0.39 is 0 Å². The number of urea groups is 1. The number of fused-ring (bicyclic) bond motifs is 1. The summed E-state index contributed by atoms with van der Waals surface area (Å²) in [6, 6.07) is 14.0. The lowest BCUT2D eigenvalue weighted by Gasteiger charge is -2.32. The van der Waals surface area contributed by atoms with E-state index in [0.29, 0.717) is 29.8 Å². The van der Waals surface area contributed by atoms with E-state index in [9.17, 15) is 10.0 Å². The third-order valence-electron chi connectivity index (χ3n) is 8.06. The highest BCUT2D eigenvalue weighted by atomic mass is 16.9. The minimum Gasteiger partial charge on any atom is -0.733 e. The molecule has 3 fully saturated rings. The quantitative estimate of drug-likeness (QED) is 0.347. The molecule has 9 heteroatoms. The number of hydrogen-bond acceptors (Lipinski definition) is 6. The van der Waals surface area contributed by atoms with Crippen molar-refractivity contribution in [3.05, 3.63) is 47.7 Å². The van der Waals surface area contributed by atoms with Crippen LogP contribution in [0.4, 0.5) is 16.2 Å². The number of amides is 2. The Bertz CT molecular complexity index is 1280. The van der Waals surface area contributed by atoms with Gasteiger partial charge in [-0.2, -0.15) is 0 Å². The van der Waals surface area contributed by atoms with Crippen molar-refractivity contribution in [2.45, 2.75) is 69.6 Å². The zero-order chi connectivity index (χ0) is 26.1. The molecule has 1 aromatic heterocycles. The first-order chi connectivity index (χ1) is 18.6. The van der Waals surface area contributed by atoms with Gasteiger partial charge in [-0.05, 0) is 62.8 Å². The fraction of sp³-hybridized carbons (Fsp3) is 0.483. The lowest BCUT2D eigenvalue weighted by molar-refractivity contribution is 0.0256. The lowest BCUT2D eigenvalue weighted by Crippen LogP contribution is -2.41. The molecule has 0 spiro atoms. The largest absolute Gasteiger partial charge is 0.733 e. The van der Waals surface area contributed by atoms with Crippen LogP contribution in [0.1, 0.15) is 57.4 Å². The molecule has 1 saturated heterocycles. The highest BCUT2D eigenvalue weighted by Crippen LogP contribution is 2.47.